The molecule has 0 saturated carbocycles. The van der Waals surface area contributed by atoms with Crippen LogP contribution in [0.4, 0.5) is 5.69 Å². The average molecular weight is 306 g/mol. The van der Waals surface area contributed by atoms with Crippen molar-refractivity contribution >= 4 is 23.3 Å². The highest BCUT2D eigenvalue weighted by atomic mass is 35.5. The lowest BCUT2D eigenvalue weighted by Gasteiger charge is -2.10. The molecule has 0 aliphatic carbocycles. The van der Waals surface area contributed by atoms with Crippen LogP contribution in [0.5, 0.6) is 5.75 Å². The number of anilines is 1. The number of hydrogen-bond acceptors (Lipinski definition) is 3. The highest BCUT2D eigenvalue weighted by molar-refractivity contribution is 6.33. The van der Waals surface area contributed by atoms with Crippen molar-refractivity contribution in [3.05, 3.63) is 59.1 Å². The number of para-hydroxylation sites is 1. The number of hydrogen-bond donors (Lipinski definition) is 2. The molecule has 0 radical (unpaired) electrons. The van der Waals surface area contributed by atoms with E-state index in [1.807, 2.05) is 30.3 Å². The van der Waals surface area contributed by atoms with Crippen LogP contribution >= 0.6 is 11.6 Å². The monoisotopic (exact) mass is 305 g/mol. The second-order valence-corrected chi connectivity index (χ2v) is 4.85. The molecule has 0 aliphatic heterocycles. The van der Waals surface area contributed by atoms with E-state index in [0.29, 0.717) is 18.2 Å². The van der Waals surface area contributed by atoms with Crippen molar-refractivity contribution in [2.24, 2.45) is 0 Å². The summed E-state index contributed by atoms with van der Waals surface area (Å²) in [6.07, 6.45) is 0.811. The van der Waals surface area contributed by atoms with E-state index in [0.717, 1.165) is 17.9 Å². The van der Waals surface area contributed by atoms with Crippen LogP contribution in [0.2, 0.25) is 5.02 Å². The van der Waals surface area contributed by atoms with Gasteiger partial charge in [0.1, 0.15) is 5.75 Å². The molecule has 0 fully saturated rings. The Labute approximate surface area is 128 Å². The quantitative estimate of drug-likeness (QED) is 0.761. The van der Waals surface area contributed by atoms with Crippen molar-refractivity contribution in [1.29, 1.82) is 0 Å². The van der Waals surface area contributed by atoms with E-state index in [4.69, 9.17) is 21.4 Å². The van der Waals surface area contributed by atoms with Crippen LogP contribution in [-0.4, -0.2) is 24.2 Å². The number of ether oxygens (including phenoxy) is 1. The van der Waals surface area contributed by atoms with Crippen LogP contribution < -0.4 is 10.1 Å². The molecule has 4 nitrogen and oxygen atoms in total. The molecule has 0 spiro atoms. The Bertz CT molecular complexity index is 602. The summed E-state index contributed by atoms with van der Waals surface area (Å²) in [5, 5.41) is 12.4. The number of halogens is 1. The lowest BCUT2D eigenvalue weighted by molar-refractivity contribution is 0.0697. The van der Waals surface area contributed by atoms with E-state index < -0.39 is 5.97 Å². The van der Waals surface area contributed by atoms with E-state index >= 15 is 0 Å². The maximum absolute atomic E-state index is 10.8. The Morgan fingerprint density at radius 2 is 1.95 bits per heavy atom. The predicted octanol–water partition coefficient (Wildman–Crippen LogP) is 3.92. The lowest BCUT2D eigenvalue weighted by Crippen LogP contribution is -2.08. The first-order chi connectivity index (χ1) is 10.2. The molecular formula is C16H16ClNO3. The van der Waals surface area contributed by atoms with Crippen LogP contribution in [-0.2, 0) is 0 Å². The summed E-state index contributed by atoms with van der Waals surface area (Å²) in [6, 6.07) is 14.3. The first kappa shape index (κ1) is 15.2. The summed E-state index contributed by atoms with van der Waals surface area (Å²) in [7, 11) is 0. The summed E-state index contributed by atoms with van der Waals surface area (Å²) >= 11 is 6.03. The second kappa shape index (κ2) is 7.55. The van der Waals surface area contributed by atoms with Gasteiger partial charge in [-0.25, -0.2) is 4.79 Å². The molecule has 0 amide bonds. The number of nitrogens with one attached hydrogen (secondary N) is 1. The highest BCUT2D eigenvalue weighted by Crippen LogP contribution is 2.23. The zero-order valence-electron chi connectivity index (χ0n) is 11.4. The molecule has 2 aromatic carbocycles. The van der Waals surface area contributed by atoms with Gasteiger partial charge >= 0.3 is 5.97 Å². The van der Waals surface area contributed by atoms with Gasteiger partial charge in [-0.15, -0.1) is 0 Å². The second-order valence-electron chi connectivity index (χ2n) is 4.44. The summed E-state index contributed by atoms with van der Waals surface area (Å²) in [4.78, 5) is 10.8. The minimum Gasteiger partial charge on any atom is -0.494 e. The molecule has 2 rings (SSSR count). The summed E-state index contributed by atoms with van der Waals surface area (Å²) in [5.74, 6) is -0.138. The molecule has 0 unspecified atom stereocenters. The molecule has 110 valence electrons. The first-order valence-corrected chi connectivity index (χ1v) is 6.99. The van der Waals surface area contributed by atoms with Crippen LogP contribution in [0.3, 0.4) is 0 Å². The summed E-state index contributed by atoms with van der Waals surface area (Å²) < 4.78 is 5.57. The molecule has 2 N–H and O–H groups in total. The van der Waals surface area contributed by atoms with E-state index in [-0.39, 0.29) is 5.56 Å². The van der Waals surface area contributed by atoms with Gasteiger partial charge in [0, 0.05) is 6.54 Å². The average Bonchev–Trinajstić information content (AvgIpc) is 2.49. The van der Waals surface area contributed by atoms with Crippen LogP contribution in [0.1, 0.15) is 16.8 Å². The molecule has 0 heterocycles. The summed E-state index contributed by atoms with van der Waals surface area (Å²) in [6.45, 7) is 1.29. The smallest absolute Gasteiger partial charge is 0.335 e. The largest absolute Gasteiger partial charge is 0.494 e. The van der Waals surface area contributed by atoms with Gasteiger partial charge in [-0.1, -0.05) is 29.8 Å². The lowest BCUT2D eigenvalue weighted by atomic mass is 10.2. The zero-order valence-corrected chi connectivity index (χ0v) is 12.1. The standard InChI is InChI=1S/C16H16ClNO3/c17-14-11-12(16(19)20)7-8-15(14)18-9-4-10-21-13-5-2-1-3-6-13/h1-3,5-8,11,18H,4,9-10H2,(H,19,20). The van der Waals surface area contributed by atoms with Crippen LogP contribution in [0, 0.1) is 0 Å². The Balaban J connectivity index is 1.75. The number of carboxylic acid groups (broad SMARTS) is 1. The molecule has 0 saturated heterocycles. The Morgan fingerprint density at radius 1 is 1.19 bits per heavy atom. The summed E-state index contributed by atoms with van der Waals surface area (Å²) in [5.41, 5.74) is 0.902. The van der Waals surface area contributed by atoms with Crippen molar-refractivity contribution in [3.63, 3.8) is 0 Å². The Morgan fingerprint density at radius 3 is 2.62 bits per heavy atom. The number of carboxylic acids is 1. The van der Waals surface area contributed by atoms with Gasteiger partial charge in [0.25, 0.3) is 0 Å². The van der Waals surface area contributed by atoms with E-state index in [2.05, 4.69) is 5.32 Å². The van der Waals surface area contributed by atoms with Crippen molar-refractivity contribution in [2.45, 2.75) is 6.42 Å². The number of carbonyl (C=O) groups is 1. The molecular weight excluding hydrogens is 290 g/mol. The highest BCUT2D eigenvalue weighted by Gasteiger charge is 2.06. The van der Waals surface area contributed by atoms with E-state index in [9.17, 15) is 4.79 Å². The third kappa shape index (κ3) is 4.68. The fraction of sp³-hybridized carbons (Fsp3) is 0.188. The predicted molar refractivity (Wildman–Crippen MR) is 83.5 cm³/mol. The number of benzene rings is 2. The van der Waals surface area contributed by atoms with Crippen molar-refractivity contribution < 1.29 is 14.6 Å². The maximum Gasteiger partial charge on any atom is 0.335 e. The van der Waals surface area contributed by atoms with Gasteiger partial charge in [0.05, 0.1) is 22.9 Å². The van der Waals surface area contributed by atoms with Crippen LogP contribution in [0.15, 0.2) is 48.5 Å². The fourth-order valence-corrected chi connectivity index (χ4v) is 2.04. The molecule has 2 aromatic rings. The maximum atomic E-state index is 10.8. The molecule has 0 aliphatic rings. The van der Waals surface area contributed by atoms with Crippen LogP contribution in [0.25, 0.3) is 0 Å². The molecule has 21 heavy (non-hydrogen) atoms. The number of rotatable bonds is 7. The van der Waals surface area contributed by atoms with Gasteiger partial charge < -0.3 is 15.2 Å². The van der Waals surface area contributed by atoms with Crippen molar-refractivity contribution in [3.8, 4) is 5.75 Å². The van der Waals surface area contributed by atoms with E-state index in [1.165, 1.54) is 12.1 Å². The van der Waals surface area contributed by atoms with Crippen molar-refractivity contribution in [2.75, 3.05) is 18.5 Å². The first-order valence-electron chi connectivity index (χ1n) is 6.61. The van der Waals surface area contributed by atoms with Gasteiger partial charge in [-0.3, -0.25) is 0 Å². The zero-order chi connectivity index (χ0) is 15.1. The topological polar surface area (TPSA) is 58.6 Å². The normalized spacial score (nSPS) is 10.1. The Kier molecular flexibility index (Phi) is 5.46. The van der Waals surface area contributed by atoms with Crippen molar-refractivity contribution in [1.82, 2.24) is 0 Å². The van der Waals surface area contributed by atoms with Gasteiger partial charge in [-0.2, -0.15) is 0 Å². The van der Waals surface area contributed by atoms with E-state index in [1.54, 1.807) is 6.07 Å². The SMILES string of the molecule is O=C(O)c1ccc(NCCCOc2ccccc2)c(Cl)c1. The third-order valence-electron chi connectivity index (χ3n) is 2.86. The van der Waals surface area contributed by atoms with Gasteiger partial charge in [0.15, 0.2) is 0 Å². The number of aromatic carboxylic acids is 1. The van der Waals surface area contributed by atoms with Gasteiger partial charge in [0.2, 0.25) is 0 Å². The minimum atomic E-state index is -0.986. The molecule has 0 atom stereocenters. The minimum absolute atomic E-state index is 0.179. The Hall–Kier alpha value is -2.20. The molecule has 5 heteroatoms. The molecule has 0 bridgehead atoms. The fourth-order valence-electron chi connectivity index (χ4n) is 1.79. The van der Waals surface area contributed by atoms with Gasteiger partial charge in [-0.05, 0) is 36.8 Å². The third-order valence-corrected chi connectivity index (χ3v) is 3.18. The molecule has 0 aromatic heterocycles.